The molecule has 1 N–H and O–H groups in total. The minimum Gasteiger partial charge on any atom is -0.384 e. The summed E-state index contributed by atoms with van der Waals surface area (Å²) in [7, 11) is 0. The van der Waals surface area contributed by atoms with Crippen molar-refractivity contribution in [1.29, 1.82) is 0 Å². The van der Waals surface area contributed by atoms with Gasteiger partial charge in [0, 0.05) is 24.8 Å². The van der Waals surface area contributed by atoms with E-state index in [9.17, 15) is 4.79 Å². The monoisotopic (exact) mass is 286 g/mol. The molecule has 0 aliphatic carbocycles. The van der Waals surface area contributed by atoms with Gasteiger partial charge in [0.2, 0.25) is 5.91 Å². The molecule has 2 unspecified atom stereocenters. The van der Waals surface area contributed by atoms with Crippen molar-refractivity contribution in [3.05, 3.63) is 29.8 Å². The summed E-state index contributed by atoms with van der Waals surface area (Å²) in [5.74, 6) is 0.479. The van der Waals surface area contributed by atoms with Crippen molar-refractivity contribution in [3.63, 3.8) is 0 Å². The van der Waals surface area contributed by atoms with E-state index in [4.69, 9.17) is 0 Å². The summed E-state index contributed by atoms with van der Waals surface area (Å²) in [6, 6.07) is 8.84. The van der Waals surface area contributed by atoms with E-state index in [0.29, 0.717) is 11.9 Å². The molecule has 0 aromatic heterocycles. The number of hydrogen-bond acceptors (Lipinski definition) is 2. The lowest BCUT2D eigenvalue weighted by Crippen LogP contribution is -2.48. The highest BCUT2D eigenvalue weighted by molar-refractivity contribution is 5.81. The standard InChI is InChI=1S/C18H26N2O/c1-2-7-16-9-5-6-11-20(16)18(21)15-12-14-8-3-4-10-17(14)19-13-15/h3-4,8,10,15-16,19H,2,5-7,9,11-13H2,1H3. The van der Waals surface area contributed by atoms with Crippen molar-refractivity contribution in [1.82, 2.24) is 4.90 Å². The number of nitrogens with one attached hydrogen (secondary N) is 1. The Hall–Kier alpha value is -1.51. The van der Waals surface area contributed by atoms with Crippen molar-refractivity contribution in [2.24, 2.45) is 5.92 Å². The Bertz CT molecular complexity index is 498. The molecule has 0 saturated carbocycles. The molecule has 3 nitrogen and oxygen atoms in total. The van der Waals surface area contributed by atoms with Crippen LogP contribution >= 0.6 is 0 Å². The van der Waals surface area contributed by atoms with Crippen LogP contribution in [0.15, 0.2) is 24.3 Å². The Labute approximate surface area is 127 Å². The number of carbonyl (C=O) groups is 1. The van der Waals surface area contributed by atoms with E-state index >= 15 is 0 Å². The number of benzene rings is 1. The second-order valence-corrected chi connectivity index (χ2v) is 6.41. The van der Waals surface area contributed by atoms with E-state index in [1.165, 1.54) is 36.9 Å². The number of hydrogen-bond donors (Lipinski definition) is 1. The second-order valence-electron chi connectivity index (χ2n) is 6.41. The first-order chi connectivity index (χ1) is 10.3. The van der Waals surface area contributed by atoms with Crippen LogP contribution in [0.3, 0.4) is 0 Å². The van der Waals surface area contributed by atoms with Gasteiger partial charge in [0.15, 0.2) is 0 Å². The molecule has 0 spiro atoms. The van der Waals surface area contributed by atoms with E-state index < -0.39 is 0 Å². The number of piperidine rings is 1. The van der Waals surface area contributed by atoms with Gasteiger partial charge < -0.3 is 10.2 Å². The van der Waals surface area contributed by atoms with Crippen LogP contribution in [0.5, 0.6) is 0 Å². The summed E-state index contributed by atoms with van der Waals surface area (Å²) < 4.78 is 0. The highest BCUT2D eigenvalue weighted by atomic mass is 16.2. The zero-order valence-corrected chi connectivity index (χ0v) is 13.0. The van der Waals surface area contributed by atoms with Gasteiger partial charge in [-0.1, -0.05) is 31.5 Å². The van der Waals surface area contributed by atoms with Crippen LogP contribution in [0.4, 0.5) is 5.69 Å². The number of likely N-dealkylation sites (tertiary alicyclic amines) is 1. The van der Waals surface area contributed by atoms with E-state index in [1.54, 1.807) is 0 Å². The fraction of sp³-hybridized carbons (Fsp3) is 0.611. The predicted octanol–water partition coefficient (Wildman–Crippen LogP) is 3.45. The van der Waals surface area contributed by atoms with Gasteiger partial charge in [-0.2, -0.15) is 0 Å². The molecule has 0 radical (unpaired) electrons. The van der Waals surface area contributed by atoms with Gasteiger partial charge in [-0.25, -0.2) is 0 Å². The fourth-order valence-corrected chi connectivity index (χ4v) is 3.77. The zero-order chi connectivity index (χ0) is 14.7. The van der Waals surface area contributed by atoms with Gasteiger partial charge >= 0.3 is 0 Å². The molecule has 114 valence electrons. The minimum absolute atomic E-state index is 0.109. The fourth-order valence-electron chi connectivity index (χ4n) is 3.77. The summed E-state index contributed by atoms with van der Waals surface area (Å²) >= 11 is 0. The Morgan fingerprint density at radius 2 is 2.19 bits per heavy atom. The number of carbonyl (C=O) groups excluding carboxylic acids is 1. The lowest BCUT2D eigenvalue weighted by molar-refractivity contribution is -0.139. The first kappa shape index (κ1) is 14.4. The first-order valence-electron chi connectivity index (χ1n) is 8.42. The molecule has 1 amide bonds. The first-order valence-corrected chi connectivity index (χ1v) is 8.42. The summed E-state index contributed by atoms with van der Waals surface area (Å²) in [4.78, 5) is 15.1. The van der Waals surface area contributed by atoms with Crippen molar-refractivity contribution < 1.29 is 4.79 Å². The van der Waals surface area contributed by atoms with Crippen LogP contribution in [-0.4, -0.2) is 29.9 Å². The molecule has 3 heteroatoms. The quantitative estimate of drug-likeness (QED) is 0.923. The molecular formula is C18H26N2O. The molecular weight excluding hydrogens is 260 g/mol. The van der Waals surface area contributed by atoms with Crippen LogP contribution < -0.4 is 5.32 Å². The van der Waals surface area contributed by atoms with Crippen molar-refractivity contribution in [3.8, 4) is 0 Å². The minimum atomic E-state index is 0.109. The molecule has 1 fully saturated rings. The highest BCUT2D eigenvalue weighted by Crippen LogP contribution is 2.28. The molecule has 0 bridgehead atoms. The molecule has 1 saturated heterocycles. The third-order valence-corrected chi connectivity index (χ3v) is 4.90. The molecule has 2 aliphatic heterocycles. The third kappa shape index (κ3) is 3.07. The number of para-hydroxylation sites is 1. The average Bonchev–Trinajstić information content (AvgIpc) is 2.54. The average molecular weight is 286 g/mol. The predicted molar refractivity (Wildman–Crippen MR) is 86.4 cm³/mol. The molecule has 2 aliphatic rings. The van der Waals surface area contributed by atoms with E-state index in [1.807, 2.05) is 0 Å². The normalized spacial score (nSPS) is 25.1. The van der Waals surface area contributed by atoms with Gasteiger partial charge in [0.05, 0.1) is 5.92 Å². The van der Waals surface area contributed by atoms with Crippen LogP contribution in [0.1, 0.15) is 44.6 Å². The van der Waals surface area contributed by atoms with E-state index in [2.05, 4.69) is 41.4 Å². The van der Waals surface area contributed by atoms with Crippen molar-refractivity contribution in [2.75, 3.05) is 18.4 Å². The molecule has 21 heavy (non-hydrogen) atoms. The van der Waals surface area contributed by atoms with Gasteiger partial charge in [0.25, 0.3) is 0 Å². The Balaban J connectivity index is 1.70. The Morgan fingerprint density at radius 3 is 3.05 bits per heavy atom. The smallest absolute Gasteiger partial charge is 0.228 e. The number of fused-ring (bicyclic) bond motifs is 1. The maximum absolute atomic E-state index is 12.9. The number of anilines is 1. The van der Waals surface area contributed by atoms with Crippen LogP contribution in [0.2, 0.25) is 0 Å². The second kappa shape index (κ2) is 6.50. The number of nitrogens with zero attached hydrogens (tertiary/aromatic N) is 1. The maximum atomic E-state index is 12.9. The summed E-state index contributed by atoms with van der Waals surface area (Å²) in [6.07, 6.45) is 6.85. The maximum Gasteiger partial charge on any atom is 0.228 e. The number of amides is 1. The molecule has 3 rings (SSSR count). The van der Waals surface area contributed by atoms with E-state index in [-0.39, 0.29) is 5.92 Å². The molecule has 2 atom stereocenters. The lowest BCUT2D eigenvalue weighted by atomic mass is 9.90. The summed E-state index contributed by atoms with van der Waals surface area (Å²) in [5.41, 5.74) is 2.48. The van der Waals surface area contributed by atoms with Crippen molar-refractivity contribution >= 4 is 11.6 Å². The van der Waals surface area contributed by atoms with Gasteiger partial charge in [-0.05, 0) is 43.7 Å². The number of rotatable bonds is 3. The van der Waals surface area contributed by atoms with Gasteiger partial charge in [-0.3, -0.25) is 4.79 Å². The summed E-state index contributed by atoms with van der Waals surface area (Å²) in [5, 5.41) is 3.43. The molecule has 2 heterocycles. The Kier molecular flexibility index (Phi) is 4.47. The van der Waals surface area contributed by atoms with Crippen LogP contribution in [-0.2, 0) is 11.2 Å². The van der Waals surface area contributed by atoms with Crippen molar-refractivity contribution in [2.45, 2.75) is 51.5 Å². The summed E-state index contributed by atoms with van der Waals surface area (Å²) in [6.45, 7) is 3.96. The largest absolute Gasteiger partial charge is 0.384 e. The van der Waals surface area contributed by atoms with Gasteiger partial charge in [0.1, 0.15) is 0 Å². The van der Waals surface area contributed by atoms with E-state index in [0.717, 1.165) is 25.9 Å². The topological polar surface area (TPSA) is 32.3 Å². The molecule has 1 aromatic rings. The van der Waals surface area contributed by atoms with Crippen LogP contribution in [0.25, 0.3) is 0 Å². The lowest BCUT2D eigenvalue weighted by Gasteiger charge is -2.39. The third-order valence-electron chi connectivity index (χ3n) is 4.90. The molecule has 1 aromatic carbocycles. The SMILES string of the molecule is CCCC1CCCCN1C(=O)C1CNc2ccccc2C1. The Morgan fingerprint density at radius 1 is 1.33 bits per heavy atom. The van der Waals surface area contributed by atoms with Gasteiger partial charge in [-0.15, -0.1) is 0 Å². The highest BCUT2D eigenvalue weighted by Gasteiger charge is 2.32. The zero-order valence-electron chi connectivity index (χ0n) is 13.0. The van der Waals surface area contributed by atoms with Crippen LogP contribution in [0, 0.1) is 5.92 Å².